The number of halogens is 3. The number of benzene rings is 6. The Bertz CT molecular complexity index is 2330. The van der Waals surface area contributed by atoms with Crippen LogP contribution in [0.5, 0.6) is 0 Å². The molecule has 6 aromatic carbocycles. The zero-order valence-electron chi connectivity index (χ0n) is 23.2. The Balaban J connectivity index is 1.38. The van der Waals surface area contributed by atoms with Crippen molar-refractivity contribution in [3.63, 3.8) is 0 Å². The van der Waals surface area contributed by atoms with Gasteiger partial charge in [-0.15, -0.1) is 0 Å². The SMILES string of the molecule is Cc1ccc2c(c1)c1cc(-c3ccc4c(c3)c3cc(C(F)(F)F)ccc3n4-c3ccccc3)ccc1n2-c1ccccc1. The van der Waals surface area contributed by atoms with Gasteiger partial charge in [0, 0.05) is 32.9 Å². The molecule has 0 spiro atoms. The highest BCUT2D eigenvalue weighted by Crippen LogP contribution is 2.40. The predicted octanol–water partition coefficient (Wildman–Crippen LogP) is 10.9. The molecule has 208 valence electrons. The molecule has 8 aromatic rings. The Morgan fingerprint density at radius 2 is 0.860 bits per heavy atom. The second-order valence-electron chi connectivity index (χ2n) is 11.1. The van der Waals surface area contributed by atoms with Crippen LogP contribution in [0.3, 0.4) is 0 Å². The molecule has 5 heteroatoms. The van der Waals surface area contributed by atoms with Crippen LogP contribution in [0.25, 0.3) is 66.1 Å². The Kier molecular flexibility index (Phi) is 5.54. The topological polar surface area (TPSA) is 9.86 Å². The fourth-order valence-corrected chi connectivity index (χ4v) is 6.41. The van der Waals surface area contributed by atoms with Gasteiger partial charge in [0.25, 0.3) is 0 Å². The van der Waals surface area contributed by atoms with Gasteiger partial charge < -0.3 is 9.13 Å². The van der Waals surface area contributed by atoms with E-state index >= 15 is 0 Å². The van der Waals surface area contributed by atoms with E-state index in [-0.39, 0.29) is 0 Å². The first-order valence-electron chi connectivity index (χ1n) is 14.2. The van der Waals surface area contributed by atoms with Gasteiger partial charge >= 0.3 is 6.18 Å². The fourth-order valence-electron chi connectivity index (χ4n) is 6.41. The summed E-state index contributed by atoms with van der Waals surface area (Å²) in [4.78, 5) is 0. The summed E-state index contributed by atoms with van der Waals surface area (Å²) in [6.07, 6.45) is -4.43. The van der Waals surface area contributed by atoms with Crippen LogP contribution in [0, 0.1) is 6.92 Å². The first-order chi connectivity index (χ1) is 20.9. The average molecular weight is 567 g/mol. The zero-order chi connectivity index (χ0) is 29.3. The summed E-state index contributed by atoms with van der Waals surface area (Å²) >= 11 is 0. The number of hydrogen-bond donors (Lipinski definition) is 0. The number of nitrogens with zero attached hydrogens (tertiary/aromatic N) is 2. The zero-order valence-corrected chi connectivity index (χ0v) is 23.2. The lowest BCUT2D eigenvalue weighted by Crippen LogP contribution is -2.04. The van der Waals surface area contributed by atoms with Gasteiger partial charge in [-0.3, -0.25) is 0 Å². The quantitative estimate of drug-likeness (QED) is 0.201. The van der Waals surface area contributed by atoms with Crippen molar-refractivity contribution in [3.05, 3.63) is 145 Å². The van der Waals surface area contributed by atoms with Crippen LogP contribution in [-0.2, 0) is 6.18 Å². The van der Waals surface area contributed by atoms with Crippen molar-refractivity contribution in [1.82, 2.24) is 9.13 Å². The molecule has 2 aromatic heterocycles. The van der Waals surface area contributed by atoms with E-state index in [1.165, 1.54) is 17.7 Å². The summed E-state index contributed by atoms with van der Waals surface area (Å²) in [5.41, 5.74) is 8.32. The van der Waals surface area contributed by atoms with Gasteiger partial charge in [0.1, 0.15) is 0 Å². The Hall–Kier alpha value is -5.29. The number of hydrogen-bond acceptors (Lipinski definition) is 0. The standard InChI is InChI=1S/C38H25F3N2/c1-24-12-16-34-30(20-24)31-21-25(13-17-35(31)42(34)28-8-4-2-5-9-28)26-14-18-36-32(22-26)33-23-27(38(39,40)41)15-19-37(33)43(36)29-10-6-3-7-11-29/h2-23H,1H3. The van der Waals surface area contributed by atoms with Gasteiger partial charge in [-0.2, -0.15) is 13.2 Å². The lowest BCUT2D eigenvalue weighted by Gasteiger charge is -2.09. The maximum Gasteiger partial charge on any atom is 0.416 e. The molecule has 0 bridgehead atoms. The minimum Gasteiger partial charge on any atom is -0.309 e. The van der Waals surface area contributed by atoms with Gasteiger partial charge in [-0.1, -0.05) is 60.2 Å². The van der Waals surface area contributed by atoms with Crippen LogP contribution in [0.1, 0.15) is 11.1 Å². The summed E-state index contributed by atoms with van der Waals surface area (Å²) in [6, 6.07) is 43.2. The van der Waals surface area contributed by atoms with Gasteiger partial charge in [0.05, 0.1) is 27.6 Å². The molecule has 0 radical (unpaired) electrons. The van der Waals surface area contributed by atoms with Crippen molar-refractivity contribution < 1.29 is 13.2 Å². The summed E-state index contributed by atoms with van der Waals surface area (Å²) in [7, 11) is 0. The molecule has 0 unspecified atom stereocenters. The smallest absolute Gasteiger partial charge is 0.309 e. The second-order valence-corrected chi connectivity index (χ2v) is 11.1. The highest BCUT2D eigenvalue weighted by atomic mass is 19.4. The predicted molar refractivity (Wildman–Crippen MR) is 170 cm³/mol. The summed E-state index contributed by atoms with van der Waals surface area (Å²) < 4.78 is 45.7. The van der Waals surface area contributed by atoms with E-state index in [1.54, 1.807) is 6.07 Å². The van der Waals surface area contributed by atoms with Crippen molar-refractivity contribution in [2.45, 2.75) is 13.1 Å². The lowest BCUT2D eigenvalue weighted by molar-refractivity contribution is -0.137. The lowest BCUT2D eigenvalue weighted by atomic mass is 10.00. The number of aromatic nitrogens is 2. The van der Waals surface area contributed by atoms with E-state index in [1.807, 2.05) is 65.2 Å². The Labute approximate surface area is 245 Å². The van der Waals surface area contributed by atoms with E-state index in [9.17, 15) is 13.2 Å². The maximum absolute atomic E-state index is 13.8. The first-order valence-corrected chi connectivity index (χ1v) is 14.2. The molecule has 0 aliphatic rings. The van der Waals surface area contributed by atoms with Crippen LogP contribution in [0.15, 0.2) is 133 Å². The summed E-state index contributed by atoms with van der Waals surface area (Å²) in [6.45, 7) is 2.10. The number of alkyl halides is 3. The largest absolute Gasteiger partial charge is 0.416 e. The second kappa shape index (κ2) is 9.36. The molecule has 8 rings (SSSR count). The summed E-state index contributed by atoms with van der Waals surface area (Å²) in [5, 5.41) is 3.65. The van der Waals surface area contributed by atoms with Crippen molar-refractivity contribution in [2.75, 3.05) is 0 Å². The first kappa shape index (κ1) is 25.4. The van der Waals surface area contributed by atoms with Crippen molar-refractivity contribution in [2.24, 2.45) is 0 Å². The van der Waals surface area contributed by atoms with E-state index in [2.05, 4.69) is 66.1 Å². The van der Waals surface area contributed by atoms with E-state index in [0.29, 0.717) is 5.39 Å². The third-order valence-electron chi connectivity index (χ3n) is 8.38. The van der Waals surface area contributed by atoms with Crippen LogP contribution >= 0.6 is 0 Å². The minimum absolute atomic E-state index is 0.577. The molecule has 0 fully saturated rings. The van der Waals surface area contributed by atoms with Crippen molar-refractivity contribution >= 4 is 43.6 Å². The van der Waals surface area contributed by atoms with Crippen LogP contribution in [0.4, 0.5) is 13.2 Å². The van der Waals surface area contributed by atoms with Crippen molar-refractivity contribution in [1.29, 1.82) is 0 Å². The fraction of sp³-hybridized carbons (Fsp3) is 0.0526. The molecule has 0 atom stereocenters. The molecular formula is C38H25F3N2. The number of aryl methyl sites for hydroxylation is 1. The van der Waals surface area contributed by atoms with E-state index in [4.69, 9.17) is 0 Å². The molecular weight excluding hydrogens is 541 g/mol. The molecule has 0 saturated heterocycles. The molecule has 0 saturated carbocycles. The van der Waals surface area contributed by atoms with Crippen LogP contribution in [0.2, 0.25) is 0 Å². The van der Waals surface area contributed by atoms with Crippen LogP contribution < -0.4 is 0 Å². The average Bonchev–Trinajstić information content (AvgIpc) is 3.52. The highest BCUT2D eigenvalue weighted by Gasteiger charge is 2.31. The van der Waals surface area contributed by atoms with Crippen molar-refractivity contribution in [3.8, 4) is 22.5 Å². The molecule has 2 nitrogen and oxygen atoms in total. The monoisotopic (exact) mass is 566 g/mol. The molecule has 2 heterocycles. The third-order valence-corrected chi connectivity index (χ3v) is 8.38. The van der Waals surface area contributed by atoms with E-state index in [0.717, 1.165) is 60.7 Å². The highest BCUT2D eigenvalue weighted by molar-refractivity contribution is 6.13. The Morgan fingerprint density at radius 3 is 1.35 bits per heavy atom. The molecule has 0 amide bonds. The van der Waals surface area contributed by atoms with E-state index < -0.39 is 11.7 Å². The molecule has 0 aliphatic carbocycles. The maximum atomic E-state index is 13.8. The van der Waals surface area contributed by atoms with Gasteiger partial charge in [0.15, 0.2) is 0 Å². The number of fused-ring (bicyclic) bond motifs is 6. The molecule has 43 heavy (non-hydrogen) atoms. The normalized spacial score (nSPS) is 12.2. The van der Waals surface area contributed by atoms with Crippen LogP contribution in [-0.4, -0.2) is 9.13 Å². The molecule has 0 aliphatic heterocycles. The van der Waals surface area contributed by atoms with Gasteiger partial charge in [-0.25, -0.2) is 0 Å². The molecule has 0 N–H and O–H groups in total. The summed E-state index contributed by atoms with van der Waals surface area (Å²) in [5.74, 6) is 0. The number of rotatable bonds is 3. The van der Waals surface area contributed by atoms with Gasteiger partial charge in [-0.05, 0) is 96.9 Å². The Morgan fingerprint density at radius 1 is 0.442 bits per heavy atom. The minimum atomic E-state index is -4.43. The van der Waals surface area contributed by atoms with Gasteiger partial charge in [0.2, 0.25) is 0 Å². The number of para-hydroxylation sites is 2. The third kappa shape index (κ3) is 4.03.